The summed E-state index contributed by atoms with van der Waals surface area (Å²) in [5.41, 5.74) is 0.762. The lowest BCUT2D eigenvalue weighted by Gasteiger charge is -2.13. The highest BCUT2D eigenvalue weighted by atomic mass is 35.5. The lowest BCUT2D eigenvalue weighted by atomic mass is 10.0. The number of thiophene rings is 1. The van der Waals surface area contributed by atoms with Crippen molar-refractivity contribution >= 4 is 28.9 Å². The third-order valence-electron chi connectivity index (χ3n) is 5.32. The summed E-state index contributed by atoms with van der Waals surface area (Å²) >= 11 is 6.95. The van der Waals surface area contributed by atoms with Crippen LogP contribution in [0.25, 0.3) is 0 Å². The Balaban J connectivity index is 1.72. The summed E-state index contributed by atoms with van der Waals surface area (Å²) in [6.45, 7) is 3.34. The summed E-state index contributed by atoms with van der Waals surface area (Å²) in [5.74, 6) is -2.20. The fraction of sp³-hybridized carbons (Fsp3) is 0.364. The summed E-state index contributed by atoms with van der Waals surface area (Å²) in [6, 6.07) is 13.1. The van der Waals surface area contributed by atoms with E-state index in [0.717, 1.165) is 16.5 Å². The maximum atomic E-state index is 12.7. The van der Waals surface area contributed by atoms with Gasteiger partial charge in [-0.05, 0) is 28.3 Å². The van der Waals surface area contributed by atoms with Gasteiger partial charge < -0.3 is 4.74 Å². The van der Waals surface area contributed by atoms with Gasteiger partial charge in [-0.1, -0.05) is 61.9 Å². The van der Waals surface area contributed by atoms with Crippen molar-refractivity contribution in [2.45, 2.75) is 32.5 Å². The first kappa shape index (κ1) is 22.4. The van der Waals surface area contributed by atoms with Crippen molar-refractivity contribution in [3.63, 3.8) is 0 Å². The highest BCUT2D eigenvalue weighted by molar-refractivity contribution is 7.09. The van der Waals surface area contributed by atoms with E-state index in [0.29, 0.717) is 12.0 Å². The van der Waals surface area contributed by atoms with Crippen molar-refractivity contribution in [2.75, 3.05) is 0 Å². The Kier molecular flexibility index (Phi) is 6.30. The van der Waals surface area contributed by atoms with Crippen LogP contribution in [0, 0.1) is 28.6 Å². The van der Waals surface area contributed by atoms with Crippen molar-refractivity contribution in [3.05, 3.63) is 68.9 Å². The minimum Gasteiger partial charge on any atom is -0.442 e. The van der Waals surface area contributed by atoms with Gasteiger partial charge in [0.05, 0.1) is 5.92 Å². The topological polar surface area (TPSA) is 50.1 Å². The molecule has 0 bridgehead atoms. The molecule has 2 aromatic rings. The first-order valence-electron chi connectivity index (χ1n) is 9.20. The molecule has 1 saturated carbocycles. The second-order valence-corrected chi connectivity index (χ2v) is 9.22. The number of nitriles is 1. The third kappa shape index (κ3) is 4.88. The molecule has 1 aromatic carbocycles. The summed E-state index contributed by atoms with van der Waals surface area (Å²) in [7, 11) is 0. The molecular weight excluding hydrogens is 435 g/mol. The number of benzene rings is 1. The molecule has 0 N–H and O–H groups in total. The maximum absolute atomic E-state index is 12.7. The average molecular weight is 454 g/mol. The van der Waals surface area contributed by atoms with Crippen LogP contribution in [-0.4, -0.2) is 12.1 Å². The quantitative estimate of drug-likeness (QED) is 0.475. The molecule has 0 aliphatic heterocycles. The summed E-state index contributed by atoms with van der Waals surface area (Å²) in [5, 5.41) is 10.2. The Morgan fingerprint density at radius 2 is 2.10 bits per heavy atom. The van der Waals surface area contributed by atoms with Crippen LogP contribution in [0.2, 0.25) is 0 Å². The zero-order valence-electron chi connectivity index (χ0n) is 16.2. The highest BCUT2D eigenvalue weighted by Gasteiger charge is 2.62. The van der Waals surface area contributed by atoms with Crippen LogP contribution < -0.4 is 0 Å². The smallest absolute Gasteiger partial charge is 0.426 e. The number of halogens is 4. The first-order chi connectivity index (χ1) is 14.0. The van der Waals surface area contributed by atoms with Crippen LogP contribution in [0.4, 0.5) is 13.2 Å². The molecule has 1 aromatic heterocycles. The Bertz CT molecular complexity index is 993. The van der Waals surface area contributed by atoms with E-state index >= 15 is 0 Å². The van der Waals surface area contributed by atoms with Gasteiger partial charge >= 0.3 is 12.1 Å². The average Bonchev–Trinajstić information content (AvgIpc) is 2.99. The summed E-state index contributed by atoms with van der Waals surface area (Å²) in [6.07, 6.45) is -4.25. The normalized spacial score (nSPS) is 21.6. The minimum absolute atomic E-state index is 0.527. The SMILES string of the molecule is CC1(C)[C@H](C(=O)OC(C#N)c2cccc(Cc3cccs3)c2)[C@@H]1/C=C(\Cl)C(F)(F)F. The van der Waals surface area contributed by atoms with Crippen LogP contribution in [0.5, 0.6) is 0 Å². The molecule has 3 atom stereocenters. The molecule has 1 aliphatic carbocycles. The van der Waals surface area contributed by atoms with Crippen molar-refractivity contribution in [3.8, 4) is 6.07 Å². The van der Waals surface area contributed by atoms with Crippen LogP contribution >= 0.6 is 22.9 Å². The van der Waals surface area contributed by atoms with Gasteiger partial charge in [-0.2, -0.15) is 18.4 Å². The Labute approximate surface area is 181 Å². The molecule has 0 radical (unpaired) electrons. The van der Waals surface area contributed by atoms with Crippen LogP contribution in [0.3, 0.4) is 0 Å². The van der Waals surface area contributed by atoms with Gasteiger partial charge in [0, 0.05) is 16.9 Å². The van der Waals surface area contributed by atoms with Crippen LogP contribution in [-0.2, 0) is 16.0 Å². The van der Waals surface area contributed by atoms with Gasteiger partial charge in [-0.3, -0.25) is 4.79 Å². The zero-order valence-corrected chi connectivity index (χ0v) is 17.8. The van der Waals surface area contributed by atoms with Gasteiger partial charge in [0.15, 0.2) is 0 Å². The zero-order chi connectivity index (χ0) is 22.1. The van der Waals surface area contributed by atoms with Gasteiger partial charge in [-0.15, -0.1) is 11.3 Å². The van der Waals surface area contributed by atoms with Crippen LogP contribution in [0.15, 0.2) is 52.9 Å². The molecule has 1 unspecified atom stereocenters. The lowest BCUT2D eigenvalue weighted by Crippen LogP contribution is -2.15. The molecule has 158 valence electrons. The number of hydrogen-bond donors (Lipinski definition) is 0. The van der Waals surface area contributed by atoms with Crippen LogP contribution in [0.1, 0.15) is 36.0 Å². The number of rotatable bonds is 6. The van der Waals surface area contributed by atoms with Gasteiger partial charge in [0.1, 0.15) is 11.1 Å². The van der Waals surface area contributed by atoms with Crippen molar-refractivity contribution in [1.29, 1.82) is 5.26 Å². The van der Waals surface area contributed by atoms with Crippen molar-refractivity contribution in [1.82, 2.24) is 0 Å². The Morgan fingerprint density at radius 3 is 2.70 bits per heavy atom. The molecule has 0 amide bonds. The van der Waals surface area contributed by atoms with Crippen molar-refractivity contribution in [2.24, 2.45) is 17.3 Å². The maximum Gasteiger partial charge on any atom is 0.426 e. The molecule has 8 heteroatoms. The standard InChI is InChI=1S/C22H19ClF3NO2S/c1-21(2)16(11-18(23)22(24,25)26)19(21)20(28)29-17(12-27)14-6-3-5-13(9-14)10-15-7-4-8-30-15/h3-9,11,16-17,19H,10H2,1-2H3/b18-11-/t16-,17?,19-/m0/s1. The molecule has 30 heavy (non-hydrogen) atoms. The van der Waals surface area contributed by atoms with E-state index in [4.69, 9.17) is 16.3 Å². The number of carbonyl (C=O) groups excluding carboxylic acids is 1. The Hall–Kier alpha value is -2.30. The Morgan fingerprint density at radius 1 is 1.37 bits per heavy atom. The molecule has 3 rings (SSSR count). The largest absolute Gasteiger partial charge is 0.442 e. The van der Waals surface area contributed by atoms with E-state index in [-0.39, 0.29) is 0 Å². The van der Waals surface area contributed by atoms with E-state index in [1.807, 2.05) is 29.6 Å². The lowest BCUT2D eigenvalue weighted by molar-refractivity contribution is -0.149. The molecule has 1 heterocycles. The monoisotopic (exact) mass is 453 g/mol. The van der Waals surface area contributed by atoms with E-state index in [1.165, 1.54) is 0 Å². The molecule has 0 saturated heterocycles. The second kappa shape index (κ2) is 8.44. The first-order valence-corrected chi connectivity index (χ1v) is 10.5. The molecule has 1 aliphatic rings. The number of esters is 1. The number of hydrogen-bond acceptors (Lipinski definition) is 4. The van der Waals surface area contributed by atoms with E-state index in [2.05, 4.69) is 0 Å². The number of alkyl halides is 3. The van der Waals surface area contributed by atoms with Gasteiger partial charge in [0.25, 0.3) is 0 Å². The van der Waals surface area contributed by atoms with Crippen molar-refractivity contribution < 1.29 is 22.7 Å². The highest BCUT2D eigenvalue weighted by Crippen LogP contribution is 2.60. The second-order valence-electron chi connectivity index (χ2n) is 7.78. The van der Waals surface area contributed by atoms with E-state index in [9.17, 15) is 23.2 Å². The van der Waals surface area contributed by atoms with Gasteiger partial charge in [-0.25, -0.2) is 0 Å². The molecule has 0 spiro atoms. The number of nitrogens with zero attached hydrogens (tertiary/aromatic N) is 1. The minimum atomic E-state index is -4.66. The predicted molar refractivity (Wildman–Crippen MR) is 109 cm³/mol. The fourth-order valence-electron chi connectivity index (χ4n) is 3.53. The number of carbonyl (C=O) groups is 1. The number of ether oxygens (including phenoxy) is 1. The summed E-state index contributed by atoms with van der Waals surface area (Å²) in [4.78, 5) is 13.8. The summed E-state index contributed by atoms with van der Waals surface area (Å²) < 4.78 is 43.5. The molecular formula is C22H19ClF3NO2S. The fourth-order valence-corrected chi connectivity index (χ4v) is 4.40. The predicted octanol–water partition coefficient (Wildman–Crippen LogP) is 6.40. The third-order valence-corrected chi connectivity index (χ3v) is 6.54. The molecule has 1 fully saturated rings. The van der Waals surface area contributed by atoms with E-state index < -0.39 is 40.5 Å². The van der Waals surface area contributed by atoms with Gasteiger partial charge in [0.2, 0.25) is 6.10 Å². The van der Waals surface area contributed by atoms with E-state index in [1.54, 1.807) is 43.4 Å². The number of allylic oxidation sites excluding steroid dienone is 2. The molecule has 3 nitrogen and oxygen atoms in total.